The number of hydrogen-bond acceptors (Lipinski definition) is 3. The van der Waals surface area contributed by atoms with Gasteiger partial charge in [-0.3, -0.25) is 0 Å². The van der Waals surface area contributed by atoms with E-state index in [0.717, 1.165) is 0 Å². The molecule has 0 saturated heterocycles. The zero-order valence-corrected chi connectivity index (χ0v) is 6.94. The minimum absolute atomic E-state index is 0.217. The lowest BCUT2D eigenvalue weighted by Gasteiger charge is -1.91. The number of aryl methyl sites for hydroxylation is 1. The highest BCUT2D eigenvalue weighted by atomic mass is 79.9. The van der Waals surface area contributed by atoms with Crippen LogP contribution in [0.15, 0.2) is 4.73 Å². The molecule has 0 spiro atoms. The average Bonchev–Trinajstić information content (AvgIpc) is 1.59. The Bertz CT molecular complexity index is 177. The Kier molecular flexibility index (Phi) is 1.97. The van der Waals surface area contributed by atoms with Gasteiger partial charge in [0, 0.05) is 0 Å². The molecule has 3 nitrogen and oxygen atoms in total. The molecule has 0 amide bonds. The zero-order chi connectivity index (χ0) is 6.85. The first-order chi connectivity index (χ1) is 4.18. The van der Waals surface area contributed by atoms with Gasteiger partial charge < -0.3 is 0 Å². The van der Waals surface area contributed by atoms with Crippen molar-refractivity contribution in [1.82, 2.24) is 15.0 Å². The molecule has 0 N–H and O–H groups in total. The summed E-state index contributed by atoms with van der Waals surface area (Å²) in [6.07, 6.45) is 0. The van der Waals surface area contributed by atoms with Crippen LogP contribution >= 0.6 is 27.5 Å². The van der Waals surface area contributed by atoms with E-state index < -0.39 is 0 Å². The van der Waals surface area contributed by atoms with E-state index in [1.54, 1.807) is 6.92 Å². The normalized spacial score (nSPS) is 9.67. The zero-order valence-electron chi connectivity index (χ0n) is 4.60. The second-order valence-electron chi connectivity index (χ2n) is 1.42. The van der Waals surface area contributed by atoms with Gasteiger partial charge >= 0.3 is 0 Å². The first-order valence-electron chi connectivity index (χ1n) is 2.22. The van der Waals surface area contributed by atoms with E-state index in [4.69, 9.17) is 11.6 Å². The molecule has 9 heavy (non-hydrogen) atoms. The van der Waals surface area contributed by atoms with Crippen molar-refractivity contribution < 1.29 is 0 Å². The van der Waals surface area contributed by atoms with E-state index in [0.29, 0.717) is 10.6 Å². The number of aromatic nitrogens is 3. The van der Waals surface area contributed by atoms with Gasteiger partial charge in [-0.05, 0) is 34.5 Å². The maximum Gasteiger partial charge on any atom is 0.226 e. The SMILES string of the molecule is Cc1nc(Cl)nc(Br)n1. The Morgan fingerprint density at radius 3 is 2.44 bits per heavy atom. The maximum atomic E-state index is 5.46. The van der Waals surface area contributed by atoms with Crippen molar-refractivity contribution in [2.45, 2.75) is 6.92 Å². The fraction of sp³-hybridized carbons (Fsp3) is 0.250. The standard InChI is InChI=1S/C4H3BrClN3/c1-2-7-3(5)9-4(6)8-2/h1H3. The molecule has 5 heteroatoms. The molecule has 0 fully saturated rings. The summed E-state index contributed by atoms with van der Waals surface area (Å²) in [4.78, 5) is 11.3. The van der Waals surface area contributed by atoms with Gasteiger partial charge in [0.2, 0.25) is 10.0 Å². The molecule has 1 heterocycles. The molecule has 0 aromatic carbocycles. The Hall–Kier alpha value is -0.220. The summed E-state index contributed by atoms with van der Waals surface area (Å²) in [5.74, 6) is 0.613. The summed E-state index contributed by atoms with van der Waals surface area (Å²) in [6.45, 7) is 1.75. The molecule has 0 bridgehead atoms. The molecule has 0 aliphatic carbocycles. The van der Waals surface area contributed by atoms with Gasteiger partial charge in [-0.15, -0.1) is 0 Å². The molecule has 0 radical (unpaired) electrons. The average molecular weight is 208 g/mol. The minimum atomic E-state index is 0.217. The Balaban J connectivity index is 3.17. The smallest absolute Gasteiger partial charge is 0.207 e. The summed E-state index contributed by atoms with van der Waals surface area (Å²) in [7, 11) is 0. The monoisotopic (exact) mass is 207 g/mol. The Morgan fingerprint density at radius 2 is 2.00 bits per heavy atom. The molecule has 0 saturated carbocycles. The summed E-state index contributed by atoms with van der Waals surface area (Å²) < 4.78 is 0.472. The van der Waals surface area contributed by atoms with E-state index in [-0.39, 0.29) is 5.28 Å². The summed E-state index contributed by atoms with van der Waals surface area (Å²) in [5, 5.41) is 0.217. The van der Waals surface area contributed by atoms with Crippen LogP contribution in [-0.2, 0) is 0 Å². The van der Waals surface area contributed by atoms with Crippen molar-refractivity contribution in [2.24, 2.45) is 0 Å². The van der Waals surface area contributed by atoms with E-state index in [9.17, 15) is 0 Å². The largest absolute Gasteiger partial charge is 0.226 e. The first kappa shape index (κ1) is 6.89. The van der Waals surface area contributed by atoms with Crippen LogP contribution in [0.3, 0.4) is 0 Å². The second kappa shape index (κ2) is 2.58. The van der Waals surface area contributed by atoms with Crippen LogP contribution in [0.1, 0.15) is 5.82 Å². The topological polar surface area (TPSA) is 38.7 Å². The van der Waals surface area contributed by atoms with Crippen LogP contribution in [-0.4, -0.2) is 15.0 Å². The molecule has 1 rings (SSSR count). The van der Waals surface area contributed by atoms with Crippen molar-refractivity contribution in [3.63, 3.8) is 0 Å². The molecular formula is C4H3BrClN3. The molecule has 0 unspecified atom stereocenters. The predicted octanol–water partition coefficient (Wildman–Crippen LogP) is 1.60. The number of nitrogens with zero attached hydrogens (tertiary/aromatic N) is 3. The van der Waals surface area contributed by atoms with Gasteiger partial charge in [0.1, 0.15) is 5.82 Å². The van der Waals surface area contributed by atoms with Crippen molar-refractivity contribution >= 4 is 27.5 Å². The van der Waals surface area contributed by atoms with Gasteiger partial charge in [-0.25, -0.2) is 9.97 Å². The Morgan fingerprint density at radius 1 is 1.33 bits per heavy atom. The van der Waals surface area contributed by atoms with E-state index in [1.807, 2.05) is 0 Å². The van der Waals surface area contributed by atoms with E-state index in [1.165, 1.54) is 0 Å². The maximum absolute atomic E-state index is 5.46. The van der Waals surface area contributed by atoms with Crippen molar-refractivity contribution in [1.29, 1.82) is 0 Å². The minimum Gasteiger partial charge on any atom is -0.207 e. The molecule has 1 aromatic heterocycles. The Labute approximate surface area is 65.6 Å². The van der Waals surface area contributed by atoms with Gasteiger partial charge in [0.05, 0.1) is 0 Å². The predicted molar refractivity (Wildman–Crippen MR) is 37.3 cm³/mol. The lowest BCUT2D eigenvalue weighted by atomic mass is 10.7. The van der Waals surface area contributed by atoms with E-state index in [2.05, 4.69) is 30.9 Å². The van der Waals surface area contributed by atoms with Gasteiger partial charge in [-0.1, -0.05) is 0 Å². The van der Waals surface area contributed by atoms with Crippen LogP contribution in [0.2, 0.25) is 5.28 Å². The fourth-order valence-electron chi connectivity index (χ4n) is 0.418. The van der Waals surface area contributed by atoms with Crippen LogP contribution < -0.4 is 0 Å². The quantitative estimate of drug-likeness (QED) is 0.650. The van der Waals surface area contributed by atoms with Gasteiger partial charge in [0.15, 0.2) is 0 Å². The van der Waals surface area contributed by atoms with Crippen molar-refractivity contribution in [3.8, 4) is 0 Å². The third kappa shape index (κ3) is 1.87. The molecule has 1 aromatic rings. The fourth-order valence-corrected chi connectivity index (χ4v) is 1.15. The molecule has 48 valence electrons. The lowest BCUT2D eigenvalue weighted by molar-refractivity contribution is 0.945. The van der Waals surface area contributed by atoms with Crippen LogP contribution in [0, 0.1) is 6.92 Å². The third-order valence-electron chi connectivity index (χ3n) is 0.693. The number of halogens is 2. The van der Waals surface area contributed by atoms with Crippen LogP contribution in [0.4, 0.5) is 0 Å². The third-order valence-corrected chi connectivity index (χ3v) is 1.22. The highest BCUT2D eigenvalue weighted by molar-refractivity contribution is 9.10. The molecule has 0 aliphatic heterocycles. The van der Waals surface area contributed by atoms with E-state index >= 15 is 0 Å². The number of hydrogen-bond donors (Lipinski definition) is 0. The van der Waals surface area contributed by atoms with Crippen LogP contribution in [0.5, 0.6) is 0 Å². The highest BCUT2D eigenvalue weighted by Gasteiger charge is 1.95. The molecular weight excluding hydrogens is 205 g/mol. The summed E-state index contributed by atoms with van der Waals surface area (Å²) >= 11 is 8.52. The second-order valence-corrected chi connectivity index (χ2v) is 2.47. The number of rotatable bonds is 0. The first-order valence-corrected chi connectivity index (χ1v) is 3.39. The van der Waals surface area contributed by atoms with Gasteiger partial charge in [-0.2, -0.15) is 4.98 Å². The highest BCUT2D eigenvalue weighted by Crippen LogP contribution is 2.05. The van der Waals surface area contributed by atoms with Crippen LogP contribution in [0.25, 0.3) is 0 Å². The summed E-state index contributed by atoms with van der Waals surface area (Å²) in [5.41, 5.74) is 0. The molecule has 0 atom stereocenters. The lowest BCUT2D eigenvalue weighted by Crippen LogP contribution is -1.91. The van der Waals surface area contributed by atoms with Gasteiger partial charge in [0.25, 0.3) is 0 Å². The van der Waals surface area contributed by atoms with Crippen molar-refractivity contribution in [2.75, 3.05) is 0 Å². The van der Waals surface area contributed by atoms with Crippen molar-refractivity contribution in [3.05, 3.63) is 15.8 Å². The molecule has 0 aliphatic rings. The summed E-state index contributed by atoms with van der Waals surface area (Å²) in [6, 6.07) is 0.